The molecule has 2 amide bonds. The minimum absolute atomic E-state index is 0.0351. The van der Waals surface area contributed by atoms with Crippen LogP contribution < -0.4 is 10.6 Å². The molecule has 0 bridgehead atoms. The minimum Gasteiger partial charge on any atom is -0.381 e. The molecule has 1 heterocycles. The fourth-order valence-corrected chi connectivity index (χ4v) is 4.15. The number of benzene rings is 3. The predicted octanol–water partition coefficient (Wildman–Crippen LogP) is 4.35. The van der Waals surface area contributed by atoms with Gasteiger partial charge in [-0.25, -0.2) is 0 Å². The molecular formula is C27H28N2O3. The zero-order valence-corrected chi connectivity index (χ0v) is 18.1. The molecule has 1 fully saturated rings. The fraction of sp³-hybridized carbons (Fsp3) is 0.259. The topological polar surface area (TPSA) is 67.4 Å². The Bertz CT molecular complexity index is 1030. The third-order valence-corrected chi connectivity index (χ3v) is 6.05. The lowest BCUT2D eigenvalue weighted by Crippen LogP contribution is -2.44. The third kappa shape index (κ3) is 5.06. The summed E-state index contributed by atoms with van der Waals surface area (Å²) in [5.41, 5.74) is 2.84. The summed E-state index contributed by atoms with van der Waals surface area (Å²) in [6, 6.07) is 27.0. The lowest BCUT2D eigenvalue weighted by Gasteiger charge is -2.36. The van der Waals surface area contributed by atoms with Crippen molar-refractivity contribution < 1.29 is 14.3 Å². The molecule has 1 aliphatic heterocycles. The SMILES string of the molecule is O=C(NCCc1ccccc1)c1ccc(NC(=O)C2(c3ccccc3)CCOCC2)cc1. The molecule has 1 aliphatic rings. The second-order valence-corrected chi connectivity index (χ2v) is 8.08. The fourth-order valence-electron chi connectivity index (χ4n) is 4.15. The number of hydrogen-bond acceptors (Lipinski definition) is 3. The average molecular weight is 429 g/mol. The first-order chi connectivity index (χ1) is 15.7. The first kappa shape index (κ1) is 21.8. The van der Waals surface area contributed by atoms with Crippen LogP contribution in [0.1, 0.15) is 34.3 Å². The van der Waals surface area contributed by atoms with Crippen molar-refractivity contribution in [3.05, 3.63) is 102 Å². The van der Waals surface area contributed by atoms with Crippen molar-refractivity contribution in [3.63, 3.8) is 0 Å². The Hall–Kier alpha value is -3.44. The van der Waals surface area contributed by atoms with Gasteiger partial charge in [-0.3, -0.25) is 9.59 Å². The summed E-state index contributed by atoms with van der Waals surface area (Å²) in [6.07, 6.45) is 2.07. The molecule has 0 spiro atoms. The van der Waals surface area contributed by atoms with Crippen molar-refractivity contribution in [3.8, 4) is 0 Å². The van der Waals surface area contributed by atoms with Gasteiger partial charge in [0.05, 0.1) is 5.41 Å². The molecule has 0 unspecified atom stereocenters. The van der Waals surface area contributed by atoms with E-state index in [1.165, 1.54) is 5.56 Å². The van der Waals surface area contributed by atoms with Gasteiger partial charge in [0.25, 0.3) is 5.91 Å². The van der Waals surface area contributed by atoms with Gasteiger partial charge in [-0.15, -0.1) is 0 Å². The van der Waals surface area contributed by atoms with Crippen LogP contribution in [0.15, 0.2) is 84.9 Å². The second-order valence-electron chi connectivity index (χ2n) is 8.08. The van der Waals surface area contributed by atoms with Crippen molar-refractivity contribution >= 4 is 17.5 Å². The van der Waals surface area contributed by atoms with Crippen LogP contribution in [0.2, 0.25) is 0 Å². The molecular weight excluding hydrogens is 400 g/mol. The van der Waals surface area contributed by atoms with Crippen LogP contribution in [0, 0.1) is 0 Å². The van der Waals surface area contributed by atoms with Gasteiger partial charge in [0, 0.05) is 31.0 Å². The Kier molecular flexibility index (Phi) is 6.97. The zero-order valence-electron chi connectivity index (χ0n) is 18.1. The first-order valence-electron chi connectivity index (χ1n) is 11.0. The van der Waals surface area contributed by atoms with Gasteiger partial charge in [-0.2, -0.15) is 0 Å². The van der Waals surface area contributed by atoms with Crippen LogP contribution in [0.25, 0.3) is 0 Å². The molecule has 0 aromatic heterocycles. The summed E-state index contributed by atoms with van der Waals surface area (Å²) in [5.74, 6) is -0.156. The molecule has 5 heteroatoms. The van der Waals surface area contributed by atoms with Gasteiger partial charge < -0.3 is 15.4 Å². The summed E-state index contributed by atoms with van der Waals surface area (Å²) in [6.45, 7) is 1.69. The number of nitrogens with one attached hydrogen (secondary N) is 2. The van der Waals surface area contributed by atoms with Gasteiger partial charge in [-0.1, -0.05) is 60.7 Å². The lowest BCUT2D eigenvalue weighted by molar-refractivity contribution is -0.125. The Labute approximate surface area is 188 Å². The van der Waals surface area contributed by atoms with Gasteiger partial charge in [0.2, 0.25) is 5.91 Å². The number of anilines is 1. The highest BCUT2D eigenvalue weighted by molar-refractivity contribution is 6.00. The molecule has 0 saturated carbocycles. The van der Waals surface area contributed by atoms with Gasteiger partial charge >= 0.3 is 0 Å². The van der Waals surface area contributed by atoms with E-state index < -0.39 is 5.41 Å². The van der Waals surface area contributed by atoms with Crippen LogP contribution in [-0.2, 0) is 21.4 Å². The summed E-state index contributed by atoms with van der Waals surface area (Å²) in [7, 11) is 0. The monoisotopic (exact) mass is 428 g/mol. The van der Waals surface area contributed by atoms with E-state index in [0.717, 1.165) is 12.0 Å². The van der Waals surface area contributed by atoms with E-state index in [-0.39, 0.29) is 11.8 Å². The second kappa shape index (κ2) is 10.2. The normalized spacial score (nSPS) is 15.0. The van der Waals surface area contributed by atoms with E-state index in [9.17, 15) is 9.59 Å². The summed E-state index contributed by atoms with van der Waals surface area (Å²) in [5, 5.41) is 6.00. The molecule has 0 atom stereocenters. The number of amides is 2. The van der Waals surface area contributed by atoms with Crippen LogP contribution >= 0.6 is 0 Å². The van der Waals surface area contributed by atoms with Crippen LogP contribution in [-0.4, -0.2) is 31.6 Å². The number of carbonyl (C=O) groups excluding carboxylic acids is 2. The smallest absolute Gasteiger partial charge is 0.251 e. The van der Waals surface area contributed by atoms with Gasteiger partial charge in [0.15, 0.2) is 0 Å². The quantitative estimate of drug-likeness (QED) is 0.588. The molecule has 164 valence electrons. The van der Waals surface area contributed by atoms with Crippen LogP contribution in [0.3, 0.4) is 0 Å². The molecule has 5 nitrogen and oxygen atoms in total. The number of rotatable bonds is 7. The highest BCUT2D eigenvalue weighted by Crippen LogP contribution is 2.36. The Morgan fingerprint density at radius 3 is 2.09 bits per heavy atom. The molecule has 32 heavy (non-hydrogen) atoms. The molecule has 1 saturated heterocycles. The summed E-state index contributed by atoms with van der Waals surface area (Å²) >= 11 is 0. The first-order valence-corrected chi connectivity index (χ1v) is 11.0. The summed E-state index contributed by atoms with van der Waals surface area (Å²) < 4.78 is 5.52. The highest BCUT2D eigenvalue weighted by atomic mass is 16.5. The largest absolute Gasteiger partial charge is 0.381 e. The Morgan fingerprint density at radius 1 is 0.812 bits per heavy atom. The maximum atomic E-state index is 13.3. The predicted molar refractivity (Wildman–Crippen MR) is 126 cm³/mol. The van der Waals surface area contributed by atoms with Crippen molar-refractivity contribution in [1.29, 1.82) is 0 Å². The van der Waals surface area contributed by atoms with Crippen molar-refractivity contribution in [2.24, 2.45) is 0 Å². The Morgan fingerprint density at radius 2 is 1.44 bits per heavy atom. The number of hydrogen-bond donors (Lipinski definition) is 2. The number of ether oxygens (including phenoxy) is 1. The maximum absolute atomic E-state index is 13.3. The van der Waals surface area contributed by atoms with E-state index in [1.807, 2.05) is 60.7 Å². The van der Waals surface area contributed by atoms with Crippen LogP contribution in [0.5, 0.6) is 0 Å². The van der Waals surface area contributed by atoms with Crippen molar-refractivity contribution in [2.45, 2.75) is 24.7 Å². The average Bonchev–Trinajstić information content (AvgIpc) is 2.86. The van der Waals surface area contributed by atoms with Crippen molar-refractivity contribution in [1.82, 2.24) is 5.32 Å². The minimum atomic E-state index is -0.604. The molecule has 2 N–H and O–H groups in total. The molecule has 0 aliphatic carbocycles. The van der Waals surface area contributed by atoms with Crippen LogP contribution in [0.4, 0.5) is 5.69 Å². The van der Waals surface area contributed by atoms with Crippen molar-refractivity contribution in [2.75, 3.05) is 25.1 Å². The van der Waals surface area contributed by atoms with Gasteiger partial charge in [0.1, 0.15) is 0 Å². The maximum Gasteiger partial charge on any atom is 0.251 e. The van der Waals surface area contributed by atoms with E-state index in [2.05, 4.69) is 10.6 Å². The zero-order chi connectivity index (χ0) is 22.2. The molecule has 3 aromatic carbocycles. The standard InChI is InChI=1S/C27H28N2O3/c30-25(28-18-15-21-7-3-1-4-8-21)22-11-13-24(14-12-22)29-26(31)27(16-19-32-20-17-27)23-9-5-2-6-10-23/h1-14H,15-20H2,(H,28,30)(H,29,31). The molecule has 4 rings (SSSR count). The molecule has 3 aromatic rings. The van der Waals surface area contributed by atoms with E-state index in [4.69, 9.17) is 4.74 Å². The van der Waals surface area contributed by atoms with Gasteiger partial charge in [-0.05, 0) is 54.7 Å². The van der Waals surface area contributed by atoms with E-state index >= 15 is 0 Å². The Balaban J connectivity index is 1.38. The molecule has 0 radical (unpaired) electrons. The van der Waals surface area contributed by atoms with E-state index in [0.29, 0.717) is 43.9 Å². The highest BCUT2D eigenvalue weighted by Gasteiger charge is 2.41. The van der Waals surface area contributed by atoms with E-state index in [1.54, 1.807) is 24.3 Å². The lowest BCUT2D eigenvalue weighted by atomic mass is 9.73. The summed E-state index contributed by atoms with van der Waals surface area (Å²) in [4.78, 5) is 25.8. The number of carbonyl (C=O) groups is 2. The third-order valence-electron chi connectivity index (χ3n) is 6.05.